The van der Waals surface area contributed by atoms with Crippen LogP contribution in [0.2, 0.25) is 0 Å². The van der Waals surface area contributed by atoms with Crippen LogP contribution in [0.3, 0.4) is 0 Å². The van der Waals surface area contributed by atoms with Gasteiger partial charge in [0.1, 0.15) is 5.82 Å². The third-order valence-corrected chi connectivity index (χ3v) is 7.69. The molecule has 0 spiro atoms. The van der Waals surface area contributed by atoms with Crippen LogP contribution in [0, 0.1) is 11.7 Å². The number of rotatable bonds is 10. The number of hydrogen-bond donors (Lipinski definition) is 2. The average molecular weight is 442 g/mol. The molecule has 0 saturated heterocycles. The lowest BCUT2D eigenvalue weighted by atomic mass is 9.86. The van der Waals surface area contributed by atoms with Crippen molar-refractivity contribution in [3.8, 4) is 0 Å². The SMILES string of the molecule is CCCCN(C)C(=O)c1cc(NCC2CCC(NS(=O)(=O)C(C)C)CC2)ccc1F. The Labute approximate surface area is 180 Å². The molecule has 30 heavy (non-hydrogen) atoms. The van der Waals surface area contributed by atoms with E-state index in [-0.39, 0.29) is 17.5 Å². The van der Waals surface area contributed by atoms with Gasteiger partial charge in [-0.15, -0.1) is 0 Å². The van der Waals surface area contributed by atoms with Gasteiger partial charge in [-0.3, -0.25) is 4.79 Å². The molecule has 0 atom stereocenters. The van der Waals surface area contributed by atoms with Crippen LogP contribution in [0.1, 0.15) is 69.7 Å². The number of nitrogens with zero attached hydrogens (tertiary/aromatic N) is 1. The summed E-state index contributed by atoms with van der Waals surface area (Å²) in [7, 11) is -1.54. The smallest absolute Gasteiger partial charge is 0.256 e. The van der Waals surface area contributed by atoms with Crippen molar-refractivity contribution in [3.63, 3.8) is 0 Å². The average Bonchev–Trinajstić information content (AvgIpc) is 2.71. The highest BCUT2D eigenvalue weighted by molar-refractivity contribution is 7.90. The van der Waals surface area contributed by atoms with Gasteiger partial charge in [0, 0.05) is 31.9 Å². The third-order valence-electron chi connectivity index (χ3n) is 5.78. The molecule has 6 nitrogen and oxygen atoms in total. The first-order valence-corrected chi connectivity index (χ1v) is 12.5. The van der Waals surface area contributed by atoms with Crippen molar-refractivity contribution >= 4 is 21.6 Å². The molecule has 2 rings (SSSR count). The van der Waals surface area contributed by atoms with Gasteiger partial charge in [0.05, 0.1) is 10.8 Å². The van der Waals surface area contributed by atoms with E-state index in [0.717, 1.165) is 44.2 Å². The number of nitrogens with one attached hydrogen (secondary N) is 2. The molecule has 8 heteroatoms. The number of unbranched alkanes of at least 4 members (excludes halogenated alkanes) is 1. The highest BCUT2D eigenvalue weighted by Crippen LogP contribution is 2.26. The summed E-state index contributed by atoms with van der Waals surface area (Å²) in [5, 5.41) is 2.90. The first-order chi connectivity index (χ1) is 14.1. The highest BCUT2D eigenvalue weighted by atomic mass is 32.2. The second-order valence-electron chi connectivity index (χ2n) is 8.59. The quantitative estimate of drug-likeness (QED) is 0.575. The Bertz CT molecular complexity index is 806. The number of hydrogen-bond acceptors (Lipinski definition) is 4. The Kier molecular flexibility index (Phi) is 9.09. The van der Waals surface area contributed by atoms with E-state index in [1.165, 1.54) is 6.07 Å². The maximum atomic E-state index is 14.2. The van der Waals surface area contributed by atoms with E-state index in [4.69, 9.17) is 0 Å². The molecule has 2 N–H and O–H groups in total. The number of halogens is 1. The molecule has 0 aromatic heterocycles. The van der Waals surface area contributed by atoms with Crippen LogP contribution in [-0.4, -0.2) is 50.7 Å². The zero-order valence-corrected chi connectivity index (χ0v) is 19.4. The molecule has 1 fully saturated rings. The Hall–Kier alpha value is -1.67. The molecule has 1 amide bonds. The minimum absolute atomic E-state index is 0.00218. The van der Waals surface area contributed by atoms with Gasteiger partial charge in [0.2, 0.25) is 10.0 Å². The van der Waals surface area contributed by atoms with Crippen molar-refractivity contribution in [1.29, 1.82) is 0 Å². The van der Waals surface area contributed by atoms with Gasteiger partial charge in [-0.05, 0) is 70.1 Å². The molecule has 1 aliphatic carbocycles. The van der Waals surface area contributed by atoms with Gasteiger partial charge in [0.25, 0.3) is 5.91 Å². The van der Waals surface area contributed by atoms with Crippen molar-refractivity contribution in [2.45, 2.75) is 70.6 Å². The van der Waals surface area contributed by atoms with Crippen molar-refractivity contribution in [2.24, 2.45) is 5.92 Å². The van der Waals surface area contributed by atoms with Gasteiger partial charge >= 0.3 is 0 Å². The molecule has 1 saturated carbocycles. The lowest BCUT2D eigenvalue weighted by Gasteiger charge is -2.29. The fourth-order valence-electron chi connectivity index (χ4n) is 3.62. The molecule has 0 radical (unpaired) electrons. The van der Waals surface area contributed by atoms with Gasteiger partial charge < -0.3 is 10.2 Å². The Balaban J connectivity index is 1.88. The molecular formula is C22H36FN3O3S. The summed E-state index contributed by atoms with van der Waals surface area (Å²) in [5.74, 6) is -0.393. The summed E-state index contributed by atoms with van der Waals surface area (Å²) in [6.07, 6.45) is 5.33. The van der Waals surface area contributed by atoms with Crippen LogP contribution in [0.25, 0.3) is 0 Å². The third kappa shape index (κ3) is 6.94. The topological polar surface area (TPSA) is 78.5 Å². The summed E-state index contributed by atoms with van der Waals surface area (Å²) >= 11 is 0. The fourth-order valence-corrected chi connectivity index (χ4v) is 4.59. The summed E-state index contributed by atoms with van der Waals surface area (Å²) in [4.78, 5) is 14.1. The van der Waals surface area contributed by atoms with Crippen molar-refractivity contribution in [3.05, 3.63) is 29.6 Å². The maximum absolute atomic E-state index is 14.2. The van der Waals surface area contributed by atoms with Gasteiger partial charge in [-0.1, -0.05) is 13.3 Å². The minimum atomic E-state index is -3.24. The second kappa shape index (κ2) is 11.1. The zero-order chi connectivity index (χ0) is 22.3. The lowest BCUT2D eigenvalue weighted by Crippen LogP contribution is -2.41. The predicted octanol–water partition coefficient (Wildman–Crippen LogP) is 4.00. The number of amides is 1. The Morgan fingerprint density at radius 3 is 2.50 bits per heavy atom. The van der Waals surface area contributed by atoms with E-state index in [0.29, 0.717) is 19.0 Å². The standard InChI is InChI=1S/C22H36FN3O3S/c1-5-6-13-26(4)22(27)20-14-19(11-12-21(20)23)24-15-17-7-9-18(10-8-17)25-30(28,29)16(2)3/h11-12,14,16-18,24-25H,5-10,13,15H2,1-4H3. The first kappa shape index (κ1) is 24.6. The Morgan fingerprint density at radius 2 is 1.90 bits per heavy atom. The molecule has 170 valence electrons. The second-order valence-corrected chi connectivity index (χ2v) is 10.9. The molecule has 1 aromatic rings. The van der Waals surface area contributed by atoms with E-state index in [1.54, 1.807) is 37.9 Å². The normalized spacial score (nSPS) is 19.7. The monoisotopic (exact) mass is 441 g/mol. The molecular weight excluding hydrogens is 405 g/mol. The van der Waals surface area contributed by atoms with Crippen LogP contribution < -0.4 is 10.0 Å². The first-order valence-electron chi connectivity index (χ1n) is 10.9. The van der Waals surface area contributed by atoms with Crippen LogP contribution in [0.5, 0.6) is 0 Å². The van der Waals surface area contributed by atoms with Gasteiger partial charge in [-0.25, -0.2) is 17.5 Å². The van der Waals surface area contributed by atoms with Crippen LogP contribution in [0.4, 0.5) is 10.1 Å². The minimum Gasteiger partial charge on any atom is -0.385 e. The van der Waals surface area contributed by atoms with E-state index >= 15 is 0 Å². The van der Waals surface area contributed by atoms with E-state index < -0.39 is 21.1 Å². The summed E-state index contributed by atoms with van der Waals surface area (Å²) < 4.78 is 41.1. The molecule has 0 bridgehead atoms. The fraction of sp³-hybridized carbons (Fsp3) is 0.682. The lowest BCUT2D eigenvalue weighted by molar-refractivity contribution is 0.0788. The summed E-state index contributed by atoms with van der Waals surface area (Å²) in [6.45, 7) is 6.74. The number of carbonyl (C=O) groups is 1. The predicted molar refractivity (Wildman–Crippen MR) is 120 cm³/mol. The summed E-state index contributed by atoms with van der Waals surface area (Å²) in [5.41, 5.74) is 0.816. The van der Waals surface area contributed by atoms with Gasteiger partial charge in [0.15, 0.2) is 0 Å². The van der Waals surface area contributed by atoms with Crippen LogP contribution in [-0.2, 0) is 10.0 Å². The van der Waals surface area contributed by atoms with E-state index in [2.05, 4.69) is 17.0 Å². The van der Waals surface area contributed by atoms with Crippen molar-refractivity contribution < 1.29 is 17.6 Å². The van der Waals surface area contributed by atoms with E-state index in [1.807, 2.05) is 0 Å². The van der Waals surface area contributed by atoms with Crippen LogP contribution in [0.15, 0.2) is 18.2 Å². The molecule has 1 aliphatic rings. The number of sulfonamides is 1. The van der Waals surface area contributed by atoms with E-state index in [9.17, 15) is 17.6 Å². The Morgan fingerprint density at radius 1 is 1.23 bits per heavy atom. The van der Waals surface area contributed by atoms with Crippen LogP contribution >= 0.6 is 0 Å². The molecule has 0 aliphatic heterocycles. The zero-order valence-electron chi connectivity index (χ0n) is 18.6. The maximum Gasteiger partial charge on any atom is 0.256 e. The number of anilines is 1. The molecule has 0 unspecified atom stereocenters. The largest absolute Gasteiger partial charge is 0.385 e. The number of benzene rings is 1. The summed E-state index contributed by atoms with van der Waals surface area (Å²) in [6, 6.07) is 4.58. The van der Waals surface area contributed by atoms with Crippen molar-refractivity contribution in [1.82, 2.24) is 9.62 Å². The molecule has 1 aromatic carbocycles. The van der Waals surface area contributed by atoms with Gasteiger partial charge in [-0.2, -0.15) is 0 Å². The highest BCUT2D eigenvalue weighted by Gasteiger charge is 2.26. The molecule has 0 heterocycles. The van der Waals surface area contributed by atoms with Crippen molar-refractivity contribution in [2.75, 3.05) is 25.5 Å². The number of carbonyl (C=O) groups excluding carboxylic acids is 1.